The number of rotatable bonds is 4. The van der Waals surface area contributed by atoms with Crippen molar-refractivity contribution < 1.29 is 21.2 Å². The zero-order valence-electron chi connectivity index (χ0n) is 13.9. The lowest BCUT2D eigenvalue weighted by Crippen LogP contribution is -2.32. The lowest BCUT2D eigenvalue weighted by Gasteiger charge is -2.17. The molecule has 0 N–H and O–H groups in total. The Morgan fingerprint density at radius 3 is 2.27 bits per heavy atom. The zero-order valence-corrected chi connectivity index (χ0v) is 16.3. The maximum Gasteiger partial charge on any atom is 0.243 e. The van der Waals surface area contributed by atoms with Gasteiger partial charge in [-0.25, -0.2) is 21.2 Å². The van der Waals surface area contributed by atoms with Crippen LogP contribution in [0, 0.1) is 12.7 Å². The number of sulfonamides is 1. The van der Waals surface area contributed by atoms with Crippen LogP contribution in [0.2, 0.25) is 5.02 Å². The maximum atomic E-state index is 13.4. The predicted octanol–water partition coefficient (Wildman–Crippen LogP) is 3.02. The molecule has 140 valence electrons. The lowest BCUT2D eigenvalue weighted by molar-refractivity contribution is 0.476. The van der Waals surface area contributed by atoms with Crippen LogP contribution in [0.1, 0.15) is 12.0 Å². The maximum absolute atomic E-state index is 13.4. The first-order valence-electron chi connectivity index (χ1n) is 7.88. The van der Waals surface area contributed by atoms with Crippen molar-refractivity contribution in [1.82, 2.24) is 4.31 Å². The number of aryl methyl sites for hydroxylation is 1. The summed E-state index contributed by atoms with van der Waals surface area (Å²) in [5, 5.41) is -0.411. The molecule has 2 aromatic rings. The second kappa shape index (κ2) is 6.92. The Hall–Kier alpha value is -1.48. The van der Waals surface area contributed by atoms with Crippen molar-refractivity contribution in [3.63, 3.8) is 0 Å². The third kappa shape index (κ3) is 3.51. The minimum atomic E-state index is -3.88. The minimum absolute atomic E-state index is 0.0408. The van der Waals surface area contributed by atoms with Crippen LogP contribution in [0.5, 0.6) is 0 Å². The molecule has 0 saturated carbocycles. The molecule has 0 bridgehead atoms. The first-order chi connectivity index (χ1) is 12.1. The van der Waals surface area contributed by atoms with Crippen molar-refractivity contribution in [2.45, 2.75) is 28.4 Å². The zero-order chi connectivity index (χ0) is 19.1. The van der Waals surface area contributed by atoms with Crippen molar-refractivity contribution in [1.29, 1.82) is 0 Å². The number of halogens is 2. The topological polar surface area (TPSA) is 71.5 Å². The van der Waals surface area contributed by atoms with Gasteiger partial charge < -0.3 is 0 Å². The molecule has 9 heteroatoms. The summed E-state index contributed by atoms with van der Waals surface area (Å²) in [7, 11) is -7.55. The number of hydrogen-bond acceptors (Lipinski definition) is 4. The molecule has 1 heterocycles. The van der Waals surface area contributed by atoms with E-state index >= 15 is 0 Å². The Bertz CT molecular complexity index is 1040. The average molecular weight is 418 g/mol. The molecule has 0 aliphatic carbocycles. The molecule has 1 fully saturated rings. The Balaban J connectivity index is 1.85. The monoisotopic (exact) mass is 417 g/mol. The summed E-state index contributed by atoms with van der Waals surface area (Å²) in [6.07, 6.45) is 0.199. The van der Waals surface area contributed by atoms with Crippen LogP contribution in [0.4, 0.5) is 4.39 Å². The molecule has 5 nitrogen and oxygen atoms in total. The molecule has 1 aliphatic rings. The van der Waals surface area contributed by atoms with Gasteiger partial charge in [0.1, 0.15) is 5.82 Å². The number of sulfone groups is 1. The Morgan fingerprint density at radius 2 is 1.65 bits per heavy atom. The van der Waals surface area contributed by atoms with Crippen molar-refractivity contribution >= 4 is 31.5 Å². The molecule has 3 rings (SSSR count). The van der Waals surface area contributed by atoms with Gasteiger partial charge >= 0.3 is 0 Å². The van der Waals surface area contributed by atoms with Gasteiger partial charge in [0.05, 0.1) is 15.0 Å². The van der Waals surface area contributed by atoms with E-state index in [0.29, 0.717) is 5.02 Å². The van der Waals surface area contributed by atoms with Gasteiger partial charge in [0, 0.05) is 18.1 Å². The molecule has 1 atom stereocenters. The molecule has 0 radical (unpaired) electrons. The SMILES string of the molecule is Cc1cc(S(=O)(=O)N2CC[C@H](S(=O)(=O)c3ccc(Cl)cc3)C2)ccc1F. The largest absolute Gasteiger partial charge is 0.243 e. The van der Waals surface area contributed by atoms with Crippen LogP contribution in [0.25, 0.3) is 0 Å². The normalized spacial score (nSPS) is 19.0. The van der Waals surface area contributed by atoms with E-state index in [1.54, 1.807) is 0 Å². The second-order valence-electron chi connectivity index (χ2n) is 6.18. The van der Waals surface area contributed by atoms with E-state index in [1.807, 2.05) is 0 Å². The summed E-state index contributed by atoms with van der Waals surface area (Å²) in [4.78, 5) is 0.0738. The first-order valence-corrected chi connectivity index (χ1v) is 11.2. The van der Waals surface area contributed by atoms with Crippen LogP contribution in [-0.4, -0.2) is 39.5 Å². The summed E-state index contributed by atoms with van der Waals surface area (Å²) >= 11 is 5.79. The summed E-state index contributed by atoms with van der Waals surface area (Å²) < 4.78 is 65.5. The fourth-order valence-corrected chi connectivity index (χ4v) is 6.41. The summed E-state index contributed by atoms with van der Waals surface area (Å²) in [6, 6.07) is 9.35. The van der Waals surface area contributed by atoms with Crippen LogP contribution < -0.4 is 0 Å². The minimum Gasteiger partial charge on any atom is -0.223 e. The van der Waals surface area contributed by atoms with Crippen molar-refractivity contribution in [2.24, 2.45) is 0 Å². The fourth-order valence-electron chi connectivity index (χ4n) is 2.91. The van der Waals surface area contributed by atoms with Gasteiger partial charge in [-0.15, -0.1) is 0 Å². The van der Waals surface area contributed by atoms with Gasteiger partial charge in [0.25, 0.3) is 0 Å². The Morgan fingerprint density at radius 1 is 1.04 bits per heavy atom. The number of nitrogens with zero attached hydrogens (tertiary/aromatic N) is 1. The van der Waals surface area contributed by atoms with Crippen molar-refractivity contribution in [3.05, 3.63) is 58.9 Å². The fraction of sp³-hybridized carbons (Fsp3) is 0.294. The molecule has 26 heavy (non-hydrogen) atoms. The van der Waals surface area contributed by atoms with Crippen LogP contribution in [-0.2, 0) is 19.9 Å². The predicted molar refractivity (Wildman–Crippen MR) is 96.9 cm³/mol. The molecule has 0 unspecified atom stereocenters. The number of benzene rings is 2. The smallest absolute Gasteiger partial charge is 0.223 e. The number of hydrogen-bond donors (Lipinski definition) is 0. The highest BCUT2D eigenvalue weighted by Gasteiger charge is 2.39. The summed E-state index contributed by atoms with van der Waals surface area (Å²) in [5.41, 5.74) is 0.218. The first kappa shape index (κ1) is 19.3. The molecule has 1 saturated heterocycles. The molecular weight excluding hydrogens is 401 g/mol. The van der Waals surface area contributed by atoms with E-state index in [1.165, 1.54) is 43.3 Å². The van der Waals surface area contributed by atoms with Gasteiger partial charge in [0.2, 0.25) is 10.0 Å². The molecule has 0 amide bonds. The standard InChI is InChI=1S/C17H17ClFNO4S2/c1-12-10-15(6-7-17(12)19)26(23,24)20-9-8-16(11-20)25(21,22)14-4-2-13(18)3-5-14/h2-7,10,16H,8-9,11H2,1H3/t16-/m0/s1. The molecule has 0 aromatic heterocycles. The van der Waals surface area contributed by atoms with Crippen LogP contribution in [0.15, 0.2) is 52.3 Å². The van der Waals surface area contributed by atoms with E-state index in [9.17, 15) is 21.2 Å². The molecule has 1 aliphatic heterocycles. The van der Waals surface area contributed by atoms with Gasteiger partial charge in [-0.1, -0.05) is 11.6 Å². The van der Waals surface area contributed by atoms with E-state index in [-0.39, 0.29) is 34.9 Å². The highest BCUT2D eigenvalue weighted by molar-refractivity contribution is 7.92. The van der Waals surface area contributed by atoms with E-state index in [0.717, 1.165) is 10.4 Å². The van der Waals surface area contributed by atoms with E-state index < -0.39 is 30.9 Å². The molecule has 2 aromatic carbocycles. The van der Waals surface area contributed by atoms with Gasteiger partial charge in [0.15, 0.2) is 9.84 Å². The highest BCUT2D eigenvalue weighted by Crippen LogP contribution is 2.29. The highest BCUT2D eigenvalue weighted by atomic mass is 35.5. The van der Waals surface area contributed by atoms with Gasteiger partial charge in [-0.05, 0) is 61.4 Å². The third-order valence-corrected chi connectivity index (χ3v) is 8.76. The van der Waals surface area contributed by atoms with E-state index in [2.05, 4.69) is 0 Å². The summed E-state index contributed by atoms with van der Waals surface area (Å²) in [5.74, 6) is -0.492. The van der Waals surface area contributed by atoms with Gasteiger partial charge in [-0.3, -0.25) is 0 Å². The van der Waals surface area contributed by atoms with Crippen molar-refractivity contribution in [2.75, 3.05) is 13.1 Å². The average Bonchev–Trinajstić information content (AvgIpc) is 3.09. The quantitative estimate of drug-likeness (QED) is 0.766. The lowest BCUT2D eigenvalue weighted by atomic mass is 10.2. The Labute approximate surface area is 157 Å². The van der Waals surface area contributed by atoms with Crippen LogP contribution >= 0.6 is 11.6 Å². The van der Waals surface area contributed by atoms with Crippen molar-refractivity contribution in [3.8, 4) is 0 Å². The van der Waals surface area contributed by atoms with Gasteiger partial charge in [-0.2, -0.15) is 4.31 Å². The molecular formula is C17H17ClFNO4S2. The van der Waals surface area contributed by atoms with Crippen LogP contribution in [0.3, 0.4) is 0 Å². The third-order valence-electron chi connectivity index (χ3n) is 4.46. The molecule has 0 spiro atoms. The van der Waals surface area contributed by atoms with E-state index in [4.69, 9.17) is 11.6 Å². The Kier molecular flexibility index (Phi) is 5.13. The second-order valence-corrected chi connectivity index (χ2v) is 10.8. The summed E-state index contributed by atoms with van der Waals surface area (Å²) in [6.45, 7) is 1.44.